The molecule has 1 aliphatic rings. The molecule has 0 radical (unpaired) electrons. The van der Waals surface area contributed by atoms with Gasteiger partial charge in [0.15, 0.2) is 0 Å². The molecule has 1 aromatic rings. The number of pyridine rings is 1. The van der Waals surface area contributed by atoms with E-state index in [0.29, 0.717) is 12.5 Å². The van der Waals surface area contributed by atoms with Gasteiger partial charge in [-0.05, 0) is 24.6 Å². The van der Waals surface area contributed by atoms with Crippen molar-refractivity contribution in [2.24, 2.45) is 11.7 Å². The minimum Gasteiger partial charge on any atom is -0.330 e. The molecule has 2 rings (SSSR count). The Hall–Kier alpha value is -1.44. The van der Waals surface area contributed by atoms with Gasteiger partial charge in [0.05, 0.1) is 11.8 Å². The van der Waals surface area contributed by atoms with Crippen molar-refractivity contribution in [2.45, 2.75) is 6.04 Å². The van der Waals surface area contributed by atoms with Gasteiger partial charge in [0.25, 0.3) is 0 Å². The van der Waals surface area contributed by atoms with E-state index in [1.54, 1.807) is 6.20 Å². The Morgan fingerprint density at radius 1 is 1.60 bits per heavy atom. The van der Waals surface area contributed by atoms with E-state index in [0.717, 1.165) is 18.8 Å². The first-order valence-electron chi connectivity index (χ1n) is 5.10. The summed E-state index contributed by atoms with van der Waals surface area (Å²) < 4.78 is 0. The summed E-state index contributed by atoms with van der Waals surface area (Å²) in [6.45, 7) is 2.52. The Morgan fingerprint density at radius 3 is 2.93 bits per heavy atom. The molecule has 1 atom stereocenters. The quantitative estimate of drug-likeness (QED) is 0.776. The zero-order valence-corrected chi connectivity index (χ0v) is 8.50. The van der Waals surface area contributed by atoms with Crippen molar-refractivity contribution in [2.75, 3.05) is 19.6 Å². The molecule has 0 unspecified atom stereocenters. The highest BCUT2D eigenvalue weighted by molar-refractivity contribution is 5.17. The summed E-state index contributed by atoms with van der Waals surface area (Å²) in [6, 6.07) is 7.73. The van der Waals surface area contributed by atoms with Gasteiger partial charge in [-0.15, -0.1) is 0 Å². The van der Waals surface area contributed by atoms with Gasteiger partial charge in [0.2, 0.25) is 0 Å². The Kier molecular flexibility index (Phi) is 2.95. The Labute approximate surface area is 89.3 Å². The number of likely N-dealkylation sites (tertiary alicyclic amines) is 1. The molecular formula is C11H14N4. The monoisotopic (exact) mass is 202 g/mol. The number of nitrogens with two attached hydrogens (primary N) is 1. The highest BCUT2D eigenvalue weighted by Crippen LogP contribution is 2.26. The van der Waals surface area contributed by atoms with Crippen LogP contribution in [0.15, 0.2) is 24.4 Å². The molecule has 0 aromatic carbocycles. The number of aromatic nitrogens is 1. The van der Waals surface area contributed by atoms with Crippen LogP contribution in [0, 0.1) is 17.2 Å². The second-order valence-corrected chi connectivity index (χ2v) is 3.84. The maximum absolute atomic E-state index is 9.11. The van der Waals surface area contributed by atoms with Crippen LogP contribution in [0.4, 0.5) is 0 Å². The molecular weight excluding hydrogens is 188 g/mol. The van der Waals surface area contributed by atoms with Crippen molar-refractivity contribution < 1.29 is 0 Å². The Morgan fingerprint density at radius 2 is 2.40 bits per heavy atom. The molecule has 0 amide bonds. The predicted octanol–water partition coefficient (Wildman–Crippen LogP) is 0.537. The zero-order chi connectivity index (χ0) is 10.7. The Balaban J connectivity index is 2.04. The molecule has 0 spiro atoms. The van der Waals surface area contributed by atoms with Gasteiger partial charge in [0.1, 0.15) is 6.04 Å². The average Bonchev–Trinajstić information content (AvgIpc) is 2.24. The molecule has 1 saturated heterocycles. The third-order valence-corrected chi connectivity index (χ3v) is 2.77. The lowest BCUT2D eigenvalue weighted by molar-refractivity contribution is 0.0782. The van der Waals surface area contributed by atoms with Crippen molar-refractivity contribution in [1.82, 2.24) is 9.88 Å². The topological polar surface area (TPSA) is 65.9 Å². The first-order chi connectivity index (χ1) is 7.35. The Bertz CT molecular complexity index is 351. The molecule has 1 aliphatic heterocycles. The van der Waals surface area contributed by atoms with E-state index in [1.807, 2.05) is 18.2 Å². The zero-order valence-electron chi connectivity index (χ0n) is 8.50. The first kappa shape index (κ1) is 10.1. The SMILES string of the molecule is N#C[C@H](c1ccccn1)N1CC(CN)C1. The molecule has 4 heteroatoms. The molecule has 1 fully saturated rings. The van der Waals surface area contributed by atoms with Gasteiger partial charge >= 0.3 is 0 Å². The molecule has 78 valence electrons. The number of hydrogen-bond donors (Lipinski definition) is 1. The van der Waals surface area contributed by atoms with Gasteiger partial charge in [0, 0.05) is 19.3 Å². The maximum Gasteiger partial charge on any atom is 0.140 e. The fourth-order valence-electron chi connectivity index (χ4n) is 1.84. The van der Waals surface area contributed by atoms with Crippen LogP contribution >= 0.6 is 0 Å². The van der Waals surface area contributed by atoms with E-state index in [2.05, 4.69) is 16.0 Å². The van der Waals surface area contributed by atoms with Crippen LogP contribution in [0.2, 0.25) is 0 Å². The molecule has 1 aromatic heterocycles. The lowest BCUT2D eigenvalue weighted by atomic mass is 9.97. The highest BCUT2D eigenvalue weighted by Gasteiger charge is 2.32. The van der Waals surface area contributed by atoms with Gasteiger partial charge < -0.3 is 5.73 Å². The summed E-state index contributed by atoms with van der Waals surface area (Å²) in [7, 11) is 0. The summed E-state index contributed by atoms with van der Waals surface area (Å²) in [5.41, 5.74) is 6.38. The van der Waals surface area contributed by atoms with E-state index in [1.165, 1.54) is 0 Å². The van der Waals surface area contributed by atoms with Crippen molar-refractivity contribution in [3.63, 3.8) is 0 Å². The molecule has 0 bridgehead atoms. The number of rotatable bonds is 3. The summed E-state index contributed by atoms with van der Waals surface area (Å²) in [5.74, 6) is 0.546. The van der Waals surface area contributed by atoms with Crippen LogP contribution in [0.1, 0.15) is 11.7 Å². The number of nitrogens with zero attached hydrogens (tertiary/aromatic N) is 3. The van der Waals surface area contributed by atoms with E-state index in [9.17, 15) is 0 Å². The van der Waals surface area contributed by atoms with E-state index < -0.39 is 0 Å². The lowest BCUT2D eigenvalue weighted by Crippen LogP contribution is -2.51. The normalized spacial score (nSPS) is 19.2. The van der Waals surface area contributed by atoms with Crippen LogP contribution < -0.4 is 5.73 Å². The van der Waals surface area contributed by atoms with Crippen molar-refractivity contribution in [1.29, 1.82) is 5.26 Å². The minimum atomic E-state index is -0.214. The highest BCUT2D eigenvalue weighted by atomic mass is 15.2. The van der Waals surface area contributed by atoms with Gasteiger partial charge in [-0.25, -0.2) is 0 Å². The second-order valence-electron chi connectivity index (χ2n) is 3.84. The van der Waals surface area contributed by atoms with Crippen molar-refractivity contribution >= 4 is 0 Å². The number of nitriles is 1. The van der Waals surface area contributed by atoms with E-state index in [-0.39, 0.29) is 6.04 Å². The largest absolute Gasteiger partial charge is 0.330 e. The molecule has 0 saturated carbocycles. The van der Waals surface area contributed by atoms with Crippen LogP contribution in [0.3, 0.4) is 0 Å². The summed E-state index contributed by atoms with van der Waals surface area (Å²) >= 11 is 0. The molecule has 4 nitrogen and oxygen atoms in total. The van der Waals surface area contributed by atoms with E-state index >= 15 is 0 Å². The summed E-state index contributed by atoms with van der Waals surface area (Å²) in [4.78, 5) is 6.32. The summed E-state index contributed by atoms with van der Waals surface area (Å²) in [5, 5.41) is 9.11. The molecule has 2 N–H and O–H groups in total. The van der Waals surface area contributed by atoms with Gasteiger partial charge in [-0.2, -0.15) is 5.26 Å². The van der Waals surface area contributed by atoms with Crippen LogP contribution in [-0.4, -0.2) is 29.5 Å². The van der Waals surface area contributed by atoms with E-state index in [4.69, 9.17) is 11.0 Å². The van der Waals surface area contributed by atoms with Crippen LogP contribution in [0.5, 0.6) is 0 Å². The van der Waals surface area contributed by atoms with Crippen LogP contribution in [-0.2, 0) is 0 Å². The fourth-order valence-corrected chi connectivity index (χ4v) is 1.84. The van der Waals surface area contributed by atoms with Gasteiger partial charge in [-0.3, -0.25) is 9.88 Å². The predicted molar refractivity (Wildman–Crippen MR) is 56.7 cm³/mol. The van der Waals surface area contributed by atoms with Gasteiger partial charge in [-0.1, -0.05) is 6.07 Å². The standard InChI is InChI=1S/C11H14N4/c12-5-9-7-15(8-9)11(6-13)10-3-1-2-4-14-10/h1-4,9,11H,5,7-8,12H2/t11-/m1/s1. The fraction of sp³-hybridized carbons (Fsp3) is 0.455. The summed E-state index contributed by atoms with van der Waals surface area (Å²) in [6.07, 6.45) is 1.72. The average molecular weight is 202 g/mol. The van der Waals surface area contributed by atoms with Crippen LogP contribution in [0.25, 0.3) is 0 Å². The maximum atomic E-state index is 9.11. The molecule has 2 heterocycles. The molecule has 0 aliphatic carbocycles. The molecule has 15 heavy (non-hydrogen) atoms. The number of hydrogen-bond acceptors (Lipinski definition) is 4. The van der Waals surface area contributed by atoms with Crippen molar-refractivity contribution in [3.8, 4) is 6.07 Å². The first-order valence-corrected chi connectivity index (χ1v) is 5.10. The smallest absolute Gasteiger partial charge is 0.140 e. The van der Waals surface area contributed by atoms with Crippen molar-refractivity contribution in [3.05, 3.63) is 30.1 Å². The lowest BCUT2D eigenvalue weighted by Gasteiger charge is -2.41. The third-order valence-electron chi connectivity index (χ3n) is 2.77. The second kappa shape index (κ2) is 4.39. The third kappa shape index (κ3) is 1.99. The minimum absolute atomic E-state index is 0.214.